The molecule has 1 fully saturated rings. The van der Waals surface area contributed by atoms with E-state index in [4.69, 9.17) is 0 Å². The van der Waals surface area contributed by atoms with Gasteiger partial charge in [0.1, 0.15) is 11.6 Å². The number of carbonyl (C=O) groups is 1. The van der Waals surface area contributed by atoms with E-state index in [1.54, 1.807) is 43.3 Å². The molecule has 38 heavy (non-hydrogen) atoms. The van der Waals surface area contributed by atoms with Crippen molar-refractivity contribution < 1.29 is 36.2 Å². The summed E-state index contributed by atoms with van der Waals surface area (Å²) < 4.78 is 73.2. The number of aryl methyl sites for hydroxylation is 1. The fraction of sp³-hybridized carbons (Fsp3) is 0.296. The lowest BCUT2D eigenvalue weighted by molar-refractivity contribution is -0.142. The first-order valence-corrected chi connectivity index (χ1v) is 13.5. The van der Waals surface area contributed by atoms with Crippen LogP contribution >= 0.6 is 0 Å². The molecule has 0 saturated carbocycles. The van der Waals surface area contributed by atoms with Gasteiger partial charge >= 0.3 is 12.6 Å². The Morgan fingerprint density at radius 2 is 1.84 bits per heavy atom. The van der Waals surface area contributed by atoms with Crippen LogP contribution < -0.4 is 13.9 Å². The van der Waals surface area contributed by atoms with Crippen LogP contribution in [-0.4, -0.2) is 45.2 Å². The number of ether oxygens (including phenoxy) is 1. The third kappa shape index (κ3) is 4.90. The molecule has 7 nitrogen and oxygen atoms in total. The van der Waals surface area contributed by atoms with E-state index in [1.807, 2.05) is 4.90 Å². The van der Waals surface area contributed by atoms with Gasteiger partial charge in [0, 0.05) is 18.7 Å². The molecule has 0 unspecified atom stereocenters. The number of hydrogen-bond donors (Lipinski definition) is 1. The molecule has 0 spiro atoms. The normalized spacial score (nSPS) is 19.2. The van der Waals surface area contributed by atoms with Crippen molar-refractivity contribution in [2.45, 2.75) is 37.3 Å². The first-order valence-electron chi connectivity index (χ1n) is 12.0. The quantitative estimate of drug-likeness (QED) is 0.453. The summed E-state index contributed by atoms with van der Waals surface area (Å²) in [7, 11) is -4.06. The molecule has 0 amide bonds. The number of anilines is 2. The van der Waals surface area contributed by atoms with Crippen LogP contribution in [-0.2, 0) is 14.8 Å². The summed E-state index contributed by atoms with van der Waals surface area (Å²) in [4.78, 5) is 13.8. The van der Waals surface area contributed by atoms with Gasteiger partial charge in [0.05, 0.1) is 28.7 Å². The number of benzene rings is 3. The largest absolute Gasteiger partial charge is 0.481 e. The van der Waals surface area contributed by atoms with Gasteiger partial charge < -0.3 is 14.7 Å². The summed E-state index contributed by atoms with van der Waals surface area (Å²) in [6.45, 7) is -0.892. The summed E-state index contributed by atoms with van der Waals surface area (Å²) >= 11 is 0. The van der Waals surface area contributed by atoms with Crippen molar-refractivity contribution in [1.29, 1.82) is 0 Å². The lowest BCUT2D eigenvalue weighted by Crippen LogP contribution is -2.55. The molecule has 2 atom stereocenters. The Morgan fingerprint density at radius 3 is 2.55 bits per heavy atom. The molecule has 2 aliphatic rings. The Labute approximate surface area is 218 Å². The first-order chi connectivity index (χ1) is 18.0. The molecular formula is C27H25F3N2O5S. The van der Waals surface area contributed by atoms with Crippen molar-refractivity contribution in [3.05, 3.63) is 72.0 Å². The second-order valence-electron chi connectivity index (χ2n) is 9.52. The van der Waals surface area contributed by atoms with Crippen LogP contribution in [0.3, 0.4) is 0 Å². The minimum absolute atomic E-state index is 0.0272. The van der Waals surface area contributed by atoms with Crippen LogP contribution in [0, 0.1) is 18.7 Å². The number of carboxylic acid groups (broad SMARTS) is 1. The maximum Gasteiger partial charge on any atom is 0.387 e. The third-order valence-corrected chi connectivity index (χ3v) is 8.78. The molecule has 2 heterocycles. The second-order valence-corrected chi connectivity index (χ2v) is 11.4. The SMILES string of the molecule is Cc1cccc(S(=O)(=O)N2C[C@@H]3C[C@@H](C(=O)O)CCN3c3ccc(-c4cc(F)cc(OC(F)F)c4)cc32)c1. The number of fused-ring (bicyclic) bond motifs is 3. The molecule has 200 valence electrons. The number of alkyl halides is 2. The van der Waals surface area contributed by atoms with Gasteiger partial charge in [-0.1, -0.05) is 18.2 Å². The molecule has 1 N–H and O–H groups in total. The van der Waals surface area contributed by atoms with Crippen LogP contribution in [0.25, 0.3) is 11.1 Å². The highest BCUT2D eigenvalue weighted by Crippen LogP contribution is 2.44. The third-order valence-electron chi connectivity index (χ3n) is 7.00. The van der Waals surface area contributed by atoms with Gasteiger partial charge in [-0.2, -0.15) is 8.78 Å². The predicted molar refractivity (Wildman–Crippen MR) is 136 cm³/mol. The summed E-state index contributed by atoms with van der Waals surface area (Å²) in [5.41, 5.74) is 2.35. The van der Waals surface area contributed by atoms with Crippen LogP contribution in [0.15, 0.2) is 65.6 Å². The Morgan fingerprint density at radius 1 is 1.05 bits per heavy atom. The Kier molecular flexibility index (Phi) is 6.72. The summed E-state index contributed by atoms with van der Waals surface area (Å²) in [5, 5.41) is 9.58. The Bertz CT molecular complexity index is 1500. The minimum Gasteiger partial charge on any atom is -0.481 e. The highest BCUT2D eigenvalue weighted by atomic mass is 32.2. The number of carboxylic acids is 1. The zero-order valence-corrected chi connectivity index (χ0v) is 21.2. The molecule has 0 radical (unpaired) electrons. The van der Waals surface area contributed by atoms with E-state index < -0.39 is 34.3 Å². The average molecular weight is 547 g/mol. The molecule has 11 heteroatoms. The Hall–Kier alpha value is -3.73. The number of aliphatic carboxylic acids is 1. The number of piperidine rings is 1. The van der Waals surface area contributed by atoms with Gasteiger partial charge in [-0.3, -0.25) is 9.10 Å². The van der Waals surface area contributed by atoms with E-state index in [0.717, 1.165) is 17.7 Å². The summed E-state index contributed by atoms with van der Waals surface area (Å²) in [6.07, 6.45) is 0.699. The molecule has 0 aliphatic carbocycles. The van der Waals surface area contributed by atoms with Crippen molar-refractivity contribution in [2.24, 2.45) is 5.92 Å². The van der Waals surface area contributed by atoms with E-state index in [9.17, 15) is 31.5 Å². The van der Waals surface area contributed by atoms with Crippen molar-refractivity contribution >= 4 is 27.4 Å². The maximum atomic E-state index is 14.3. The van der Waals surface area contributed by atoms with Crippen LogP contribution in [0.2, 0.25) is 0 Å². The topological polar surface area (TPSA) is 87.2 Å². The second kappa shape index (κ2) is 9.86. The molecule has 3 aromatic carbocycles. The molecular weight excluding hydrogens is 521 g/mol. The molecule has 2 aliphatic heterocycles. The smallest absolute Gasteiger partial charge is 0.387 e. The van der Waals surface area contributed by atoms with E-state index in [0.29, 0.717) is 29.9 Å². The summed E-state index contributed by atoms with van der Waals surface area (Å²) in [5.74, 6) is -2.63. The monoisotopic (exact) mass is 546 g/mol. The highest BCUT2D eigenvalue weighted by Gasteiger charge is 2.41. The van der Waals surface area contributed by atoms with Gasteiger partial charge in [-0.15, -0.1) is 0 Å². The van der Waals surface area contributed by atoms with E-state index >= 15 is 0 Å². The number of hydrogen-bond acceptors (Lipinski definition) is 5. The van der Waals surface area contributed by atoms with Gasteiger partial charge in [0.15, 0.2) is 0 Å². The van der Waals surface area contributed by atoms with Crippen LogP contribution in [0.1, 0.15) is 18.4 Å². The van der Waals surface area contributed by atoms with Gasteiger partial charge in [0.2, 0.25) is 0 Å². The lowest BCUT2D eigenvalue weighted by Gasteiger charge is -2.47. The van der Waals surface area contributed by atoms with Gasteiger partial charge in [-0.25, -0.2) is 12.8 Å². The van der Waals surface area contributed by atoms with E-state index in [1.165, 1.54) is 16.4 Å². The maximum absolute atomic E-state index is 14.3. The molecule has 3 aromatic rings. The van der Waals surface area contributed by atoms with E-state index in [2.05, 4.69) is 4.74 Å². The number of halogens is 3. The van der Waals surface area contributed by atoms with Crippen molar-refractivity contribution in [3.8, 4) is 16.9 Å². The zero-order valence-electron chi connectivity index (χ0n) is 20.4. The molecule has 0 aromatic heterocycles. The predicted octanol–water partition coefficient (Wildman–Crippen LogP) is 5.28. The van der Waals surface area contributed by atoms with E-state index in [-0.39, 0.29) is 35.2 Å². The van der Waals surface area contributed by atoms with Crippen molar-refractivity contribution in [2.75, 3.05) is 22.3 Å². The highest BCUT2D eigenvalue weighted by molar-refractivity contribution is 7.92. The van der Waals surface area contributed by atoms with Crippen LogP contribution in [0.4, 0.5) is 24.5 Å². The fourth-order valence-electron chi connectivity index (χ4n) is 5.23. The molecule has 0 bridgehead atoms. The van der Waals surface area contributed by atoms with Gasteiger partial charge in [-0.05, 0) is 72.9 Å². The zero-order chi connectivity index (χ0) is 27.2. The minimum atomic E-state index is -4.06. The standard InChI is InChI=1S/C27H25F3N2O5S/c1-16-3-2-4-23(9-16)38(35,36)32-15-21-11-18(26(33)34)7-8-31(21)24-6-5-17(13-25(24)32)19-10-20(28)14-22(12-19)37-27(29)30/h2-6,9-10,12-14,18,21,27H,7-8,11,15H2,1H3,(H,33,34)/t18-,21-/m0/s1. The lowest BCUT2D eigenvalue weighted by atomic mass is 9.88. The van der Waals surface area contributed by atoms with Gasteiger partial charge in [0.25, 0.3) is 10.0 Å². The average Bonchev–Trinajstić information content (AvgIpc) is 2.86. The number of nitrogens with zero attached hydrogens (tertiary/aromatic N) is 2. The number of sulfonamides is 1. The van der Waals surface area contributed by atoms with Crippen LogP contribution in [0.5, 0.6) is 5.75 Å². The summed E-state index contributed by atoms with van der Waals surface area (Å²) in [6, 6.07) is 14.3. The molecule has 5 rings (SSSR count). The van der Waals surface area contributed by atoms with Crippen molar-refractivity contribution in [3.63, 3.8) is 0 Å². The fourth-order valence-corrected chi connectivity index (χ4v) is 6.85. The Balaban J connectivity index is 1.63. The molecule has 1 saturated heterocycles. The first kappa shape index (κ1) is 25.9. The number of rotatable bonds is 6. The van der Waals surface area contributed by atoms with Crippen molar-refractivity contribution in [1.82, 2.24) is 0 Å².